The fourth-order valence-corrected chi connectivity index (χ4v) is 2.37. The number of nitrogens with one attached hydrogen (secondary N) is 3. The van der Waals surface area contributed by atoms with Gasteiger partial charge in [0.1, 0.15) is 18.1 Å². The maximum absolute atomic E-state index is 12.2. The van der Waals surface area contributed by atoms with Gasteiger partial charge in [-0.3, -0.25) is 14.4 Å². The first-order valence-electron chi connectivity index (χ1n) is 9.30. The Morgan fingerprint density at radius 1 is 0.852 bits per heavy atom. The summed E-state index contributed by atoms with van der Waals surface area (Å²) in [4.78, 5) is 47.6. The lowest BCUT2D eigenvalue weighted by molar-refractivity contribution is -0.143. The van der Waals surface area contributed by atoms with Crippen LogP contribution in [0.15, 0.2) is 0 Å². The van der Waals surface area contributed by atoms with Gasteiger partial charge in [-0.1, -0.05) is 34.1 Å². The van der Waals surface area contributed by atoms with E-state index in [1.54, 1.807) is 6.92 Å². The first kappa shape index (κ1) is 24.8. The monoisotopic (exact) mass is 386 g/mol. The van der Waals surface area contributed by atoms with E-state index >= 15 is 0 Å². The zero-order valence-corrected chi connectivity index (χ0v) is 17.0. The van der Waals surface area contributed by atoms with Crippen LogP contribution in [0, 0.1) is 11.8 Å². The van der Waals surface area contributed by atoms with Gasteiger partial charge in [0.25, 0.3) is 0 Å². The molecular weight excluding hydrogens is 352 g/mol. The molecule has 0 bridgehead atoms. The standard InChI is InChI=1S/C18H34N4O5/c1-7-10(4)14(18(26)27)22-16(24)12(6)20-15(23)11(5)21-17(25)13(19)8-9(2)3/h9-14H,7-8,19H2,1-6H3,(H,20,23)(H,21,25)(H,22,24)(H,26,27). The summed E-state index contributed by atoms with van der Waals surface area (Å²) in [7, 11) is 0. The van der Waals surface area contributed by atoms with Gasteiger partial charge in [0.05, 0.1) is 6.04 Å². The quantitative estimate of drug-likeness (QED) is 0.337. The highest BCUT2D eigenvalue weighted by molar-refractivity contribution is 5.93. The molecule has 0 rings (SSSR count). The summed E-state index contributed by atoms with van der Waals surface area (Å²) in [5.74, 6) is -2.74. The molecule has 0 aliphatic carbocycles. The second-order valence-corrected chi connectivity index (χ2v) is 7.41. The lowest BCUT2D eigenvalue weighted by Crippen LogP contribution is -2.56. The minimum atomic E-state index is -1.13. The minimum absolute atomic E-state index is 0.242. The van der Waals surface area contributed by atoms with Gasteiger partial charge in [-0.2, -0.15) is 0 Å². The molecule has 0 spiro atoms. The molecule has 3 amide bonds. The summed E-state index contributed by atoms with van der Waals surface area (Å²) in [6, 6.07) is -3.58. The Kier molecular flexibility index (Phi) is 10.6. The number of carbonyl (C=O) groups excluding carboxylic acids is 3. The maximum Gasteiger partial charge on any atom is 0.326 e. The van der Waals surface area contributed by atoms with E-state index < -0.39 is 47.9 Å². The predicted octanol–water partition coefficient (Wildman–Crippen LogP) is -0.0153. The van der Waals surface area contributed by atoms with Gasteiger partial charge < -0.3 is 26.8 Å². The SMILES string of the molecule is CCC(C)C(NC(=O)C(C)NC(=O)C(C)NC(=O)C(N)CC(C)C)C(=O)O. The average Bonchev–Trinajstić information content (AvgIpc) is 2.57. The molecule has 5 atom stereocenters. The molecule has 0 aliphatic heterocycles. The lowest BCUT2D eigenvalue weighted by Gasteiger charge is -2.24. The van der Waals surface area contributed by atoms with Crippen LogP contribution in [0.3, 0.4) is 0 Å². The first-order chi connectivity index (χ1) is 12.4. The van der Waals surface area contributed by atoms with E-state index in [1.165, 1.54) is 13.8 Å². The zero-order valence-electron chi connectivity index (χ0n) is 17.0. The minimum Gasteiger partial charge on any atom is -0.480 e. The van der Waals surface area contributed by atoms with E-state index in [0.29, 0.717) is 12.8 Å². The number of hydrogen-bond acceptors (Lipinski definition) is 5. The molecule has 0 fully saturated rings. The van der Waals surface area contributed by atoms with Crippen molar-refractivity contribution in [2.24, 2.45) is 17.6 Å². The molecule has 27 heavy (non-hydrogen) atoms. The van der Waals surface area contributed by atoms with Crippen molar-refractivity contribution >= 4 is 23.7 Å². The van der Waals surface area contributed by atoms with Crippen LogP contribution in [-0.2, 0) is 19.2 Å². The molecule has 0 aromatic carbocycles. The molecule has 0 radical (unpaired) electrons. The third-order valence-electron chi connectivity index (χ3n) is 4.34. The number of carboxylic acid groups (broad SMARTS) is 1. The third kappa shape index (κ3) is 8.85. The topological polar surface area (TPSA) is 151 Å². The van der Waals surface area contributed by atoms with Gasteiger partial charge >= 0.3 is 5.97 Å². The van der Waals surface area contributed by atoms with Crippen molar-refractivity contribution in [1.82, 2.24) is 16.0 Å². The molecular formula is C18H34N4O5. The molecule has 0 aromatic heterocycles. The highest BCUT2D eigenvalue weighted by atomic mass is 16.4. The van der Waals surface area contributed by atoms with Gasteiger partial charge in [-0.25, -0.2) is 4.79 Å². The smallest absolute Gasteiger partial charge is 0.326 e. The molecule has 6 N–H and O–H groups in total. The molecule has 0 aromatic rings. The maximum atomic E-state index is 12.2. The second-order valence-electron chi connectivity index (χ2n) is 7.41. The van der Waals surface area contributed by atoms with E-state index in [-0.39, 0.29) is 11.8 Å². The molecule has 5 unspecified atom stereocenters. The fraction of sp³-hybridized carbons (Fsp3) is 0.778. The van der Waals surface area contributed by atoms with Crippen molar-refractivity contribution in [3.05, 3.63) is 0 Å². The first-order valence-corrected chi connectivity index (χ1v) is 9.30. The molecule has 156 valence electrons. The third-order valence-corrected chi connectivity index (χ3v) is 4.34. The van der Waals surface area contributed by atoms with E-state index in [0.717, 1.165) is 0 Å². The van der Waals surface area contributed by atoms with Crippen molar-refractivity contribution in [3.63, 3.8) is 0 Å². The van der Waals surface area contributed by atoms with E-state index in [9.17, 15) is 24.3 Å². The summed E-state index contributed by atoms with van der Waals surface area (Å²) in [5, 5.41) is 16.6. The van der Waals surface area contributed by atoms with E-state index in [4.69, 9.17) is 5.73 Å². The average molecular weight is 386 g/mol. The summed E-state index contributed by atoms with van der Waals surface area (Å²) in [6.45, 7) is 10.4. The Hall–Kier alpha value is -2.16. The van der Waals surface area contributed by atoms with Crippen LogP contribution in [0.1, 0.15) is 54.4 Å². The van der Waals surface area contributed by atoms with Gasteiger partial charge in [-0.15, -0.1) is 0 Å². The number of carbonyl (C=O) groups is 4. The molecule has 0 saturated heterocycles. The number of nitrogens with two attached hydrogens (primary N) is 1. The summed E-state index contributed by atoms with van der Waals surface area (Å²) in [5.41, 5.74) is 5.78. The van der Waals surface area contributed by atoms with Crippen molar-refractivity contribution < 1.29 is 24.3 Å². The number of amides is 3. The van der Waals surface area contributed by atoms with Gasteiger partial charge in [0.2, 0.25) is 17.7 Å². The zero-order chi connectivity index (χ0) is 21.3. The van der Waals surface area contributed by atoms with Gasteiger partial charge in [-0.05, 0) is 32.1 Å². The van der Waals surface area contributed by atoms with Crippen LogP contribution in [0.4, 0.5) is 0 Å². The summed E-state index contributed by atoms with van der Waals surface area (Å²) in [6.07, 6.45) is 1.07. The van der Waals surface area contributed by atoms with Crippen LogP contribution in [0.2, 0.25) is 0 Å². The van der Waals surface area contributed by atoms with E-state index in [1.807, 2.05) is 20.8 Å². The largest absolute Gasteiger partial charge is 0.480 e. The Bertz CT molecular complexity index is 538. The Balaban J connectivity index is 4.68. The lowest BCUT2D eigenvalue weighted by atomic mass is 9.99. The normalized spacial score (nSPS) is 16.6. The fourth-order valence-electron chi connectivity index (χ4n) is 2.37. The molecule has 0 aliphatic rings. The predicted molar refractivity (Wildman–Crippen MR) is 102 cm³/mol. The second kappa shape index (κ2) is 11.5. The Morgan fingerprint density at radius 2 is 1.30 bits per heavy atom. The molecule has 9 nitrogen and oxygen atoms in total. The van der Waals surface area contributed by atoms with Crippen molar-refractivity contribution in [2.45, 2.75) is 78.6 Å². The highest BCUT2D eigenvalue weighted by Gasteiger charge is 2.29. The van der Waals surface area contributed by atoms with Crippen LogP contribution in [0.25, 0.3) is 0 Å². The van der Waals surface area contributed by atoms with Crippen LogP contribution < -0.4 is 21.7 Å². The number of carboxylic acids is 1. The van der Waals surface area contributed by atoms with Crippen LogP contribution in [0.5, 0.6) is 0 Å². The Labute approximate surface area is 160 Å². The van der Waals surface area contributed by atoms with Crippen molar-refractivity contribution in [1.29, 1.82) is 0 Å². The summed E-state index contributed by atoms with van der Waals surface area (Å²) < 4.78 is 0. The van der Waals surface area contributed by atoms with Crippen molar-refractivity contribution in [2.75, 3.05) is 0 Å². The number of aliphatic carboxylic acids is 1. The van der Waals surface area contributed by atoms with Crippen LogP contribution >= 0.6 is 0 Å². The van der Waals surface area contributed by atoms with E-state index in [2.05, 4.69) is 16.0 Å². The van der Waals surface area contributed by atoms with Crippen molar-refractivity contribution in [3.8, 4) is 0 Å². The number of rotatable bonds is 11. The van der Waals surface area contributed by atoms with Crippen LogP contribution in [-0.4, -0.2) is 53.0 Å². The molecule has 0 heterocycles. The Morgan fingerprint density at radius 3 is 1.70 bits per heavy atom. The van der Waals surface area contributed by atoms with Gasteiger partial charge in [0.15, 0.2) is 0 Å². The number of hydrogen-bond donors (Lipinski definition) is 5. The molecule has 0 saturated carbocycles. The highest BCUT2D eigenvalue weighted by Crippen LogP contribution is 2.08. The van der Waals surface area contributed by atoms with Gasteiger partial charge in [0, 0.05) is 0 Å². The summed E-state index contributed by atoms with van der Waals surface area (Å²) >= 11 is 0. The molecule has 9 heteroatoms.